The molecule has 30 heavy (non-hydrogen) atoms. The van der Waals surface area contributed by atoms with Crippen molar-refractivity contribution in [3.05, 3.63) is 71.8 Å². The molecule has 0 saturated carbocycles. The van der Waals surface area contributed by atoms with Crippen molar-refractivity contribution >= 4 is 39.3 Å². The van der Waals surface area contributed by atoms with Crippen LogP contribution in [0, 0.1) is 0 Å². The number of hydrogen-bond donors (Lipinski definition) is 4. The summed E-state index contributed by atoms with van der Waals surface area (Å²) in [5.74, 6) is 0.158. The summed E-state index contributed by atoms with van der Waals surface area (Å²) in [5.41, 5.74) is 12.9. The van der Waals surface area contributed by atoms with Crippen LogP contribution in [0.5, 0.6) is 0 Å². The van der Waals surface area contributed by atoms with Crippen molar-refractivity contribution in [2.45, 2.75) is 21.8 Å². The molecule has 11 heteroatoms. The maximum Gasteiger partial charge on any atom is 0.238 e. The Morgan fingerprint density at radius 1 is 1.00 bits per heavy atom. The minimum Gasteiger partial charge on any atom is -0.383 e. The van der Waals surface area contributed by atoms with Crippen molar-refractivity contribution in [1.82, 2.24) is 15.3 Å². The van der Waals surface area contributed by atoms with Gasteiger partial charge in [-0.15, -0.1) is 0 Å². The number of hydrogen-bond acceptors (Lipinski definition) is 8. The van der Waals surface area contributed by atoms with Crippen LogP contribution >= 0.6 is 11.8 Å². The molecule has 156 valence electrons. The van der Waals surface area contributed by atoms with Crippen molar-refractivity contribution in [3.63, 3.8) is 0 Å². The molecule has 0 radical (unpaired) electrons. The summed E-state index contributed by atoms with van der Waals surface area (Å²) in [7, 11) is -3.77. The minimum atomic E-state index is -3.77. The molecule has 9 nitrogen and oxygen atoms in total. The number of carbonyl (C=O) groups excluding carboxylic acids is 1. The first-order valence-electron chi connectivity index (χ1n) is 8.73. The van der Waals surface area contributed by atoms with Crippen molar-refractivity contribution in [2.24, 2.45) is 5.14 Å². The highest BCUT2D eigenvalue weighted by Gasteiger charge is 2.23. The molecule has 0 unspecified atom stereocenters. The first-order chi connectivity index (χ1) is 14.2. The topological polar surface area (TPSA) is 167 Å². The van der Waals surface area contributed by atoms with Crippen LogP contribution in [0.25, 0.3) is 0 Å². The highest BCUT2D eigenvalue weighted by Crippen LogP contribution is 2.34. The molecule has 0 bridgehead atoms. The molecule has 0 saturated heterocycles. The third-order valence-corrected chi connectivity index (χ3v) is 6.07. The fraction of sp³-hybridized carbons (Fsp3) is 0.105. The number of nitrogens with two attached hydrogens (primary N) is 3. The van der Waals surface area contributed by atoms with Crippen LogP contribution in [0.2, 0.25) is 0 Å². The molecule has 1 heterocycles. The van der Waals surface area contributed by atoms with E-state index in [1.807, 2.05) is 30.3 Å². The number of nitrogens with one attached hydrogen (secondary N) is 1. The molecule has 2 aromatic carbocycles. The van der Waals surface area contributed by atoms with Crippen molar-refractivity contribution in [1.29, 1.82) is 0 Å². The molecule has 0 aliphatic heterocycles. The molecule has 3 rings (SSSR count). The number of nitrogens with zero attached hydrogens (tertiary/aromatic N) is 2. The third kappa shape index (κ3) is 5.69. The molecule has 3 aromatic rings. The van der Waals surface area contributed by atoms with Gasteiger partial charge in [0.05, 0.1) is 4.90 Å². The van der Waals surface area contributed by atoms with Crippen LogP contribution in [-0.2, 0) is 21.4 Å². The summed E-state index contributed by atoms with van der Waals surface area (Å²) in [6, 6.07) is 16.6. The van der Waals surface area contributed by atoms with Crippen LogP contribution in [0.15, 0.2) is 70.7 Å². The second-order valence-corrected chi connectivity index (χ2v) is 8.95. The predicted octanol–water partition coefficient (Wildman–Crippen LogP) is 1.44. The van der Waals surface area contributed by atoms with E-state index in [4.69, 9.17) is 16.6 Å². The Morgan fingerprint density at radius 3 is 2.17 bits per heavy atom. The van der Waals surface area contributed by atoms with Gasteiger partial charge in [-0.2, -0.15) is 0 Å². The number of benzene rings is 2. The molecule has 0 fully saturated rings. The quantitative estimate of drug-likeness (QED) is 0.313. The average Bonchev–Trinajstić information content (AvgIpc) is 2.70. The van der Waals surface area contributed by atoms with E-state index >= 15 is 0 Å². The van der Waals surface area contributed by atoms with E-state index in [0.29, 0.717) is 0 Å². The molecular formula is C19H20N6O3S2. The van der Waals surface area contributed by atoms with Crippen LogP contribution in [0.4, 0.5) is 11.6 Å². The molecule has 0 spiro atoms. The van der Waals surface area contributed by atoms with Gasteiger partial charge < -0.3 is 16.8 Å². The standard InChI is InChI=1S/C19H20N6O3S2/c20-15-10-16(21)25-19(24-15)29-17(13-4-2-1-3-5-13)18(26)23-11-12-6-8-14(9-7-12)30(22,27)28/h1-10,17H,11H2,(H,23,26)(H2,22,27,28)(H4,20,21,24,25)/t17-/m0/s1. The highest BCUT2D eigenvalue weighted by atomic mass is 32.2. The van der Waals surface area contributed by atoms with Crippen LogP contribution in [0.3, 0.4) is 0 Å². The lowest BCUT2D eigenvalue weighted by Gasteiger charge is -2.16. The van der Waals surface area contributed by atoms with Crippen molar-refractivity contribution < 1.29 is 13.2 Å². The van der Waals surface area contributed by atoms with Gasteiger partial charge in [0.2, 0.25) is 15.9 Å². The van der Waals surface area contributed by atoms with Crippen molar-refractivity contribution in [3.8, 4) is 0 Å². The van der Waals surface area contributed by atoms with E-state index in [2.05, 4.69) is 15.3 Å². The summed E-state index contributed by atoms with van der Waals surface area (Å²) in [6.45, 7) is 0.202. The summed E-state index contributed by atoms with van der Waals surface area (Å²) in [5, 5.41) is 7.59. The summed E-state index contributed by atoms with van der Waals surface area (Å²) >= 11 is 1.13. The zero-order valence-corrected chi connectivity index (χ0v) is 17.4. The predicted molar refractivity (Wildman–Crippen MR) is 116 cm³/mol. The first kappa shape index (κ1) is 21.6. The van der Waals surface area contributed by atoms with Gasteiger partial charge in [-0.25, -0.2) is 23.5 Å². The largest absolute Gasteiger partial charge is 0.383 e. The van der Waals surface area contributed by atoms with Gasteiger partial charge in [-0.1, -0.05) is 54.2 Å². The first-order valence-corrected chi connectivity index (χ1v) is 11.2. The van der Waals surface area contributed by atoms with Gasteiger partial charge in [-0.3, -0.25) is 4.79 Å². The monoisotopic (exact) mass is 444 g/mol. The molecule has 0 aliphatic rings. The van der Waals surface area contributed by atoms with Gasteiger partial charge in [0, 0.05) is 12.6 Å². The van der Waals surface area contributed by atoms with Crippen LogP contribution in [0.1, 0.15) is 16.4 Å². The number of aromatic nitrogens is 2. The Balaban J connectivity index is 1.77. The second kappa shape index (κ2) is 9.11. The smallest absolute Gasteiger partial charge is 0.238 e. The number of rotatable bonds is 7. The second-order valence-electron chi connectivity index (χ2n) is 6.32. The average molecular weight is 445 g/mol. The zero-order valence-electron chi connectivity index (χ0n) is 15.7. The van der Waals surface area contributed by atoms with Gasteiger partial charge in [0.25, 0.3) is 0 Å². The van der Waals surface area contributed by atoms with E-state index in [1.54, 1.807) is 12.1 Å². The molecule has 0 aliphatic carbocycles. The third-order valence-electron chi connectivity index (χ3n) is 4.03. The summed E-state index contributed by atoms with van der Waals surface area (Å²) in [6.07, 6.45) is 0. The maximum atomic E-state index is 13.0. The molecular weight excluding hydrogens is 424 g/mol. The Hall–Kier alpha value is -3.15. The van der Waals surface area contributed by atoms with E-state index in [-0.39, 0.29) is 34.1 Å². The lowest BCUT2D eigenvalue weighted by molar-refractivity contribution is -0.120. The number of thioether (sulfide) groups is 1. The Kier molecular flexibility index (Phi) is 6.55. The number of amides is 1. The molecule has 1 atom stereocenters. The number of nitrogen functional groups attached to an aromatic ring is 2. The van der Waals surface area contributed by atoms with E-state index in [0.717, 1.165) is 22.9 Å². The lowest BCUT2D eigenvalue weighted by atomic mass is 10.1. The van der Waals surface area contributed by atoms with E-state index in [9.17, 15) is 13.2 Å². The molecule has 7 N–H and O–H groups in total. The van der Waals surface area contributed by atoms with Gasteiger partial charge in [0.15, 0.2) is 5.16 Å². The number of primary sulfonamides is 1. The Bertz CT molecular complexity index is 1120. The van der Waals surface area contributed by atoms with Crippen molar-refractivity contribution in [2.75, 3.05) is 11.5 Å². The number of sulfonamides is 1. The van der Waals surface area contributed by atoms with Gasteiger partial charge in [0.1, 0.15) is 16.9 Å². The highest BCUT2D eigenvalue weighted by molar-refractivity contribution is 8.00. The lowest BCUT2D eigenvalue weighted by Crippen LogP contribution is -2.27. The fourth-order valence-electron chi connectivity index (χ4n) is 2.60. The Morgan fingerprint density at radius 2 is 1.60 bits per heavy atom. The molecule has 1 aromatic heterocycles. The molecule has 1 amide bonds. The fourth-order valence-corrected chi connectivity index (χ4v) is 4.13. The zero-order chi connectivity index (χ0) is 21.7. The summed E-state index contributed by atoms with van der Waals surface area (Å²) < 4.78 is 22.7. The SMILES string of the molecule is Nc1cc(N)nc(S[C@H](C(=O)NCc2ccc(S(N)(=O)=O)cc2)c2ccccc2)n1. The van der Waals surface area contributed by atoms with Crippen LogP contribution in [-0.4, -0.2) is 24.3 Å². The van der Waals surface area contributed by atoms with E-state index < -0.39 is 15.3 Å². The van der Waals surface area contributed by atoms with E-state index in [1.165, 1.54) is 18.2 Å². The van der Waals surface area contributed by atoms with Gasteiger partial charge >= 0.3 is 0 Å². The minimum absolute atomic E-state index is 0.00620. The van der Waals surface area contributed by atoms with Crippen LogP contribution < -0.4 is 21.9 Å². The van der Waals surface area contributed by atoms with Gasteiger partial charge in [-0.05, 0) is 23.3 Å². The Labute approximate surface area is 178 Å². The summed E-state index contributed by atoms with van der Waals surface area (Å²) in [4.78, 5) is 21.2. The normalized spacial score (nSPS) is 12.3. The number of anilines is 2. The number of carbonyl (C=O) groups is 1. The maximum absolute atomic E-state index is 13.0.